The molecule has 2 heterocycles. The van der Waals surface area contributed by atoms with Crippen molar-refractivity contribution in [3.8, 4) is 5.75 Å². The highest BCUT2D eigenvalue weighted by Gasteiger charge is 2.52. The van der Waals surface area contributed by atoms with Crippen molar-refractivity contribution in [3.05, 3.63) is 18.0 Å². The first-order valence-electron chi connectivity index (χ1n) is 7.62. The van der Waals surface area contributed by atoms with Crippen molar-refractivity contribution in [3.63, 3.8) is 0 Å². The van der Waals surface area contributed by atoms with Crippen molar-refractivity contribution < 1.29 is 23.2 Å². The van der Waals surface area contributed by atoms with Gasteiger partial charge < -0.3 is 23.2 Å². The van der Waals surface area contributed by atoms with E-state index in [1.807, 2.05) is 40.7 Å². The quantitative estimate of drug-likeness (QED) is 0.637. The SMILES string of the molecule is COCOc1cc2oc(C)nc2cc1B1OC(C)(C)C(C)(C)O1. The first kappa shape index (κ1) is 16.3. The summed E-state index contributed by atoms with van der Waals surface area (Å²) >= 11 is 0. The molecule has 1 saturated heterocycles. The monoisotopic (exact) mass is 319 g/mol. The highest BCUT2D eigenvalue weighted by atomic mass is 16.7. The van der Waals surface area contributed by atoms with Crippen LogP contribution >= 0.6 is 0 Å². The molecule has 0 amide bonds. The van der Waals surface area contributed by atoms with Crippen molar-refractivity contribution in [2.45, 2.75) is 45.8 Å². The molecule has 1 fully saturated rings. The molecule has 2 aromatic rings. The fraction of sp³-hybridized carbons (Fsp3) is 0.562. The maximum Gasteiger partial charge on any atom is 0.498 e. The average molecular weight is 319 g/mol. The molecule has 1 aromatic carbocycles. The van der Waals surface area contributed by atoms with Crippen LogP contribution in [0.4, 0.5) is 0 Å². The van der Waals surface area contributed by atoms with E-state index in [1.165, 1.54) is 0 Å². The Morgan fingerprint density at radius 3 is 2.39 bits per heavy atom. The molecule has 1 aliphatic rings. The molecular weight excluding hydrogens is 297 g/mol. The Kier molecular flexibility index (Phi) is 3.90. The van der Waals surface area contributed by atoms with Gasteiger partial charge >= 0.3 is 7.12 Å². The molecule has 0 atom stereocenters. The Morgan fingerprint density at radius 2 is 1.78 bits per heavy atom. The molecule has 0 spiro atoms. The third-order valence-corrected chi connectivity index (χ3v) is 4.47. The number of rotatable bonds is 4. The maximum atomic E-state index is 6.13. The number of fused-ring (bicyclic) bond motifs is 1. The summed E-state index contributed by atoms with van der Waals surface area (Å²) < 4.78 is 28.5. The van der Waals surface area contributed by atoms with Crippen LogP contribution in [0.3, 0.4) is 0 Å². The van der Waals surface area contributed by atoms with E-state index in [9.17, 15) is 0 Å². The molecular formula is C16H22BNO5. The van der Waals surface area contributed by atoms with E-state index in [0.717, 1.165) is 11.0 Å². The summed E-state index contributed by atoms with van der Waals surface area (Å²) in [5.41, 5.74) is 1.34. The fourth-order valence-corrected chi connectivity index (χ4v) is 2.49. The van der Waals surface area contributed by atoms with Crippen LogP contribution in [0.15, 0.2) is 16.5 Å². The smallest absolute Gasteiger partial charge is 0.468 e. The summed E-state index contributed by atoms with van der Waals surface area (Å²) in [5.74, 6) is 1.21. The highest BCUT2D eigenvalue weighted by Crippen LogP contribution is 2.37. The summed E-state index contributed by atoms with van der Waals surface area (Å²) in [4.78, 5) is 4.37. The number of nitrogens with zero attached hydrogens (tertiary/aromatic N) is 1. The predicted molar refractivity (Wildman–Crippen MR) is 87.0 cm³/mol. The van der Waals surface area contributed by atoms with Gasteiger partial charge in [-0.15, -0.1) is 0 Å². The van der Waals surface area contributed by atoms with Gasteiger partial charge in [0.2, 0.25) is 0 Å². The zero-order valence-corrected chi connectivity index (χ0v) is 14.4. The Morgan fingerprint density at radius 1 is 1.13 bits per heavy atom. The molecule has 1 aromatic heterocycles. The Hall–Kier alpha value is -1.57. The molecule has 3 rings (SSSR count). The maximum absolute atomic E-state index is 6.13. The fourth-order valence-electron chi connectivity index (χ4n) is 2.49. The Labute approximate surface area is 136 Å². The van der Waals surface area contributed by atoms with Crippen molar-refractivity contribution in [2.75, 3.05) is 13.9 Å². The summed E-state index contributed by atoms with van der Waals surface area (Å²) in [6, 6.07) is 3.69. The van der Waals surface area contributed by atoms with Crippen LogP contribution in [0.1, 0.15) is 33.6 Å². The van der Waals surface area contributed by atoms with Gasteiger partial charge in [0.15, 0.2) is 18.3 Å². The summed E-state index contributed by atoms with van der Waals surface area (Å²) in [6.45, 7) is 10.0. The first-order chi connectivity index (χ1) is 10.7. The van der Waals surface area contributed by atoms with E-state index >= 15 is 0 Å². The van der Waals surface area contributed by atoms with E-state index in [2.05, 4.69) is 4.98 Å². The third-order valence-electron chi connectivity index (χ3n) is 4.47. The molecule has 0 N–H and O–H groups in total. The number of methoxy groups -OCH3 is 1. The lowest BCUT2D eigenvalue weighted by molar-refractivity contribution is 0.00578. The number of oxazole rings is 1. The van der Waals surface area contributed by atoms with Crippen LogP contribution in [0.2, 0.25) is 0 Å². The van der Waals surface area contributed by atoms with Gasteiger partial charge in [0.1, 0.15) is 11.3 Å². The lowest BCUT2D eigenvalue weighted by atomic mass is 9.78. The summed E-state index contributed by atoms with van der Waals surface area (Å²) in [7, 11) is 1.04. The van der Waals surface area contributed by atoms with E-state index in [-0.39, 0.29) is 6.79 Å². The zero-order chi connectivity index (χ0) is 16.8. The number of benzene rings is 1. The molecule has 124 valence electrons. The van der Waals surface area contributed by atoms with Crippen LogP contribution in [-0.2, 0) is 14.0 Å². The van der Waals surface area contributed by atoms with Gasteiger partial charge in [-0.25, -0.2) is 4.98 Å². The van der Waals surface area contributed by atoms with Crippen LogP contribution in [0, 0.1) is 6.92 Å². The van der Waals surface area contributed by atoms with Gasteiger partial charge in [-0.3, -0.25) is 0 Å². The minimum Gasteiger partial charge on any atom is -0.468 e. The molecule has 6 nitrogen and oxygen atoms in total. The molecule has 0 unspecified atom stereocenters. The molecule has 23 heavy (non-hydrogen) atoms. The first-order valence-corrected chi connectivity index (χ1v) is 7.62. The van der Waals surface area contributed by atoms with E-state index in [4.69, 9.17) is 23.2 Å². The molecule has 0 saturated carbocycles. The number of hydrogen-bond acceptors (Lipinski definition) is 6. The van der Waals surface area contributed by atoms with Gasteiger partial charge in [-0.1, -0.05) is 0 Å². The lowest BCUT2D eigenvalue weighted by Gasteiger charge is -2.32. The van der Waals surface area contributed by atoms with Gasteiger partial charge in [-0.2, -0.15) is 0 Å². The number of hydrogen-bond donors (Lipinski definition) is 0. The van der Waals surface area contributed by atoms with Crippen LogP contribution in [-0.4, -0.2) is 37.2 Å². The van der Waals surface area contributed by atoms with Gasteiger partial charge in [0.05, 0.1) is 11.2 Å². The lowest BCUT2D eigenvalue weighted by Crippen LogP contribution is -2.41. The molecule has 0 aliphatic carbocycles. The summed E-state index contributed by atoms with van der Waals surface area (Å²) in [5, 5.41) is 0. The zero-order valence-electron chi connectivity index (χ0n) is 14.4. The van der Waals surface area contributed by atoms with Crippen molar-refractivity contribution in [1.82, 2.24) is 4.98 Å². The minimum absolute atomic E-state index is 0.130. The highest BCUT2D eigenvalue weighted by molar-refractivity contribution is 6.63. The molecule has 0 bridgehead atoms. The van der Waals surface area contributed by atoms with Gasteiger partial charge in [0.25, 0.3) is 0 Å². The normalized spacial score (nSPS) is 19.5. The van der Waals surface area contributed by atoms with Crippen molar-refractivity contribution in [1.29, 1.82) is 0 Å². The Bertz CT molecular complexity index is 709. The predicted octanol–water partition coefficient (Wildman–Crippen LogP) is 2.42. The second-order valence-electron chi connectivity index (χ2n) is 6.73. The van der Waals surface area contributed by atoms with Crippen LogP contribution < -0.4 is 10.2 Å². The average Bonchev–Trinajstić information content (AvgIpc) is 2.90. The topological polar surface area (TPSA) is 63.0 Å². The van der Waals surface area contributed by atoms with E-state index in [0.29, 0.717) is 17.2 Å². The second kappa shape index (κ2) is 5.51. The van der Waals surface area contributed by atoms with Gasteiger partial charge in [0, 0.05) is 25.6 Å². The number of aromatic nitrogens is 1. The summed E-state index contributed by atoms with van der Waals surface area (Å²) in [6.07, 6.45) is 0. The Balaban J connectivity index is 2.04. The standard InChI is InChI=1S/C16H22BNO5/c1-10-18-12-7-11(13(20-9-19-6)8-14(12)21-10)17-22-15(2,3)16(4,5)23-17/h7-8H,9H2,1-6H3. The van der Waals surface area contributed by atoms with Crippen LogP contribution in [0.5, 0.6) is 5.75 Å². The third kappa shape index (κ3) is 2.84. The largest absolute Gasteiger partial charge is 0.498 e. The minimum atomic E-state index is -0.534. The molecule has 1 aliphatic heterocycles. The molecule has 0 radical (unpaired) electrons. The van der Waals surface area contributed by atoms with Gasteiger partial charge in [-0.05, 0) is 33.8 Å². The number of ether oxygens (including phenoxy) is 2. The molecule has 7 heteroatoms. The van der Waals surface area contributed by atoms with Crippen LogP contribution in [0.25, 0.3) is 11.1 Å². The number of aryl methyl sites for hydroxylation is 1. The van der Waals surface area contributed by atoms with E-state index in [1.54, 1.807) is 13.2 Å². The van der Waals surface area contributed by atoms with Crippen molar-refractivity contribution in [2.24, 2.45) is 0 Å². The second-order valence-corrected chi connectivity index (χ2v) is 6.73. The van der Waals surface area contributed by atoms with E-state index < -0.39 is 18.3 Å². The van der Waals surface area contributed by atoms with Crippen molar-refractivity contribution >= 4 is 23.7 Å².